The van der Waals surface area contributed by atoms with Crippen molar-refractivity contribution in [1.29, 1.82) is 0 Å². The van der Waals surface area contributed by atoms with Crippen LogP contribution in [0.1, 0.15) is 6.92 Å². The van der Waals surface area contributed by atoms with E-state index < -0.39 is 6.04 Å². The monoisotopic (exact) mass is 184 g/mol. The number of carbonyl (C=O) groups excluding carboxylic acids is 2. The Labute approximate surface area is 75.8 Å². The smallest absolute Gasteiger partial charge is 0.249 e. The standard InChI is InChI=1S/C7H12N4O2/c1-4-6(13)10-5(12)3-11(4)7(8)9-2/h4H,3H2,1-2H3,(H2,8,9)(H,10,12,13). The maximum atomic E-state index is 11.2. The number of nitrogens with two attached hydrogens (primary N) is 1. The average molecular weight is 184 g/mol. The molecule has 0 spiro atoms. The van der Waals surface area contributed by atoms with Crippen LogP contribution in [0, 0.1) is 0 Å². The number of amides is 2. The predicted octanol–water partition coefficient (Wildman–Crippen LogP) is -1.72. The van der Waals surface area contributed by atoms with E-state index in [-0.39, 0.29) is 24.3 Å². The van der Waals surface area contributed by atoms with Gasteiger partial charge in [-0.15, -0.1) is 0 Å². The Morgan fingerprint density at radius 3 is 2.85 bits per heavy atom. The van der Waals surface area contributed by atoms with Gasteiger partial charge in [-0.3, -0.25) is 19.9 Å². The summed E-state index contributed by atoms with van der Waals surface area (Å²) in [7, 11) is 1.51. The van der Waals surface area contributed by atoms with Gasteiger partial charge in [0.25, 0.3) is 0 Å². The minimum Gasteiger partial charge on any atom is -0.370 e. The van der Waals surface area contributed by atoms with Crippen LogP contribution in [0.25, 0.3) is 0 Å². The van der Waals surface area contributed by atoms with Crippen LogP contribution < -0.4 is 11.1 Å². The van der Waals surface area contributed by atoms with Crippen molar-refractivity contribution < 1.29 is 9.59 Å². The molecule has 1 aliphatic rings. The van der Waals surface area contributed by atoms with E-state index >= 15 is 0 Å². The van der Waals surface area contributed by atoms with Gasteiger partial charge in [0.1, 0.15) is 12.6 Å². The van der Waals surface area contributed by atoms with Gasteiger partial charge in [0.15, 0.2) is 5.96 Å². The largest absolute Gasteiger partial charge is 0.370 e. The van der Waals surface area contributed by atoms with Crippen molar-refractivity contribution >= 4 is 17.8 Å². The minimum absolute atomic E-state index is 0.0794. The number of guanidine groups is 1. The first-order valence-electron chi connectivity index (χ1n) is 3.89. The molecule has 1 unspecified atom stereocenters. The SMILES string of the molecule is CN=C(N)N1CC(=O)NC(=O)C1C. The number of nitrogens with zero attached hydrogens (tertiary/aromatic N) is 2. The molecular formula is C7H12N4O2. The summed E-state index contributed by atoms with van der Waals surface area (Å²) in [5, 5.41) is 2.21. The summed E-state index contributed by atoms with van der Waals surface area (Å²) < 4.78 is 0. The van der Waals surface area contributed by atoms with E-state index in [0.717, 1.165) is 0 Å². The maximum absolute atomic E-state index is 11.2. The van der Waals surface area contributed by atoms with Gasteiger partial charge in [0.05, 0.1) is 0 Å². The molecule has 6 heteroatoms. The second-order valence-electron chi connectivity index (χ2n) is 2.80. The van der Waals surface area contributed by atoms with Crippen molar-refractivity contribution in [3.05, 3.63) is 0 Å². The molecule has 1 heterocycles. The Bertz CT molecular complexity index is 274. The number of aliphatic imine (C=N–C) groups is 1. The molecule has 0 aromatic heterocycles. The van der Waals surface area contributed by atoms with Crippen molar-refractivity contribution in [2.75, 3.05) is 13.6 Å². The van der Waals surface area contributed by atoms with Gasteiger partial charge in [-0.2, -0.15) is 0 Å². The van der Waals surface area contributed by atoms with Crippen LogP contribution in [0.3, 0.4) is 0 Å². The number of nitrogens with one attached hydrogen (secondary N) is 1. The molecule has 0 aromatic rings. The molecule has 6 nitrogen and oxygen atoms in total. The molecule has 0 aromatic carbocycles. The van der Waals surface area contributed by atoms with Crippen molar-refractivity contribution in [2.45, 2.75) is 13.0 Å². The summed E-state index contributed by atoms with van der Waals surface area (Å²) in [4.78, 5) is 27.3. The number of imide groups is 1. The van der Waals surface area contributed by atoms with Crippen molar-refractivity contribution in [3.8, 4) is 0 Å². The number of hydrogen-bond donors (Lipinski definition) is 2. The van der Waals surface area contributed by atoms with Gasteiger partial charge in [-0.1, -0.05) is 0 Å². The third-order valence-electron chi connectivity index (χ3n) is 1.95. The highest BCUT2D eigenvalue weighted by atomic mass is 16.2. The first-order valence-corrected chi connectivity index (χ1v) is 3.89. The summed E-state index contributed by atoms with van der Waals surface area (Å²) in [5.74, 6) is -0.492. The molecule has 3 N–H and O–H groups in total. The topological polar surface area (TPSA) is 87.8 Å². The summed E-state index contributed by atoms with van der Waals surface area (Å²) >= 11 is 0. The zero-order valence-electron chi connectivity index (χ0n) is 7.57. The van der Waals surface area contributed by atoms with Crippen molar-refractivity contribution in [1.82, 2.24) is 10.2 Å². The molecule has 1 saturated heterocycles. The maximum Gasteiger partial charge on any atom is 0.249 e. The Morgan fingerprint density at radius 2 is 2.31 bits per heavy atom. The highest BCUT2D eigenvalue weighted by Crippen LogP contribution is 2.03. The van der Waals surface area contributed by atoms with Gasteiger partial charge in [-0.25, -0.2) is 0 Å². The number of hydrogen-bond acceptors (Lipinski definition) is 3. The lowest BCUT2D eigenvalue weighted by molar-refractivity contribution is -0.137. The van der Waals surface area contributed by atoms with E-state index in [9.17, 15) is 9.59 Å². The molecule has 0 aliphatic carbocycles. The Hall–Kier alpha value is -1.59. The van der Waals surface area contributed by atoms with Crippen LogP contribution in [0.4, 0.5) is 0 Å². The van der Waals surface area contributed by atoms with Crippen molar-refractivity contribution in [3.63, 3.8) is 0 Å². The fourth-order valence-electron chi connectivity index (χ4n) is 1.12. The van der Waals surface area contributed by atoms with Gasteiger partial charge >= 0.3 is 0 Å². The van der Waals surface area contributed by atoms with Gasteiger partial charge < -0.3 is 10.6 Å². The number of piperazine rings is 1. The van der Waals surface area contributed by atoms with Crippen LogP contribution in [0.15, 0.2) is 4.99 Å². The van der Waals surface area contributed by atoms with E-state index in [1.165, 1.54) is 11.9 Å². The molecule has 1 rings (SSSR count). The number of carbonyl (C=O) groups is 2. The summed E-state index contributed by atoms with van der Waals surface area (Å²) in [6.45, 7) is 1.75. The summed E-state index contributed by atoms with van der Waals surface area (Å²) in [5.41, 5.74) is 5.51. The molecule has 2 amide bonds. The molecule has 0 bridgehead atoms. The molecule has 72 valence electrons. The lowest BCUT2D eigenvalue weighted by Crippen LogP contribution is -2.60. The fraction of sp³-hybridized carbons (Fsp3) is 0.571. The quantitative estimate of drug-likeness (QED) is 0.266. The third-order valence-corrected chi connectivity index (χ3v) is 1.95. The van der Waals surface area contributed by atoms with E-state index in [1.54, 1.807) is 6.92 Å². The first kappa shape index (κ1) is 9.50. The second kappa shape index (κ2) is 3.42. The Balaban J connectivity index is 2.84. The van der Waals surface area contributed by atoms with E-state index in [1.807, 2.05) is 0 Å². The zero-order valence-corrected chi connectivity index (χ0v) is 7.57. The van der Waals surface area contributed by atoms with Crippen LogP contribution in [-0.4, -0.2) is 42.3 Å². The molecule has 1 atom stereocenters. The minimum atomic E-state index is -0.443. The van der Waals surface area contributed by atoms with Gasteiger partial charge in [0.2, 0.25) is 11.8 Å². The lowest BCUT2D eigenvalue weighted by atomic mass is 10.2. The van der Waals surface area contributed by atoms with Crippen LogP contribution in [0.5, 0.6) is 0 Å². The van der Waals surface area contributed by atoms with Crippen LogP contribution in [-0.2, 0) is 9.59 Å². The molecule has 1 fully saturated rings. The van der Waals surface area contributed by atoms with Crippen LogP contribution in [0.2, 0.25) is 0 Å². The zero-order chi connectivity index (χ0) is 10.0. The summed E-state index contributed by atoms with van der Waals surface area (Å²) in [6, 6.07) is -0.443. The predicted molar refractivity (Wildman–Crippen MR) is 46.9 cm³/mol. The number of rotatable bonds is 0. The summed E-state index contributed by atoms with van der Waals surface area (Å²) in [6.07, 6.45) is 0. The van der Waals surface area contributed by atoms with E-state index in [0.29, 0.717) is 0 Å². The normalized spacial score (nSPS) is 24.6. The van der Waals surface area contributed by atoms with E-state index in [4.69, 9.17) is 5.73 Å². The average Bonchev–Trinajstić information content (AvgIpc) is 2.10. The van der Waals surface area contributed by atoms with E-state index in [2.05, 4.69) is 10.3 Å². The van der Waals surface area contributed by atoms with Gasteiger partial charge in [0, 0.05) is 7.05 Å². The molecule has 0 saturated carbocycles. The first-order chi connectivity index (χ1) is 6.06. The Kier molecular flexibility index (Phi) is 2.50. The van der Waals surface area contributed by atoms with Gasteiger partial charge in [-0.05, 0) is 6.92 Å². The third kappa shape index (κ3) is 1.77. The molecule has 1 aliphatic heterocycles. The Morgan fingerprint density at radius 1 is 1.69 bits per heavy atom. The molecule has 13 heavy (non-hydrogen) atoms. The fourth-order valence-corrected chi connectivity index (χ4v) is 1.12. The van der Waals surface area contributed by atoms with Crippen molar-refractivity contribution in [2.24, 2.45) is 10.7 Å². The highest BCUT2D eigenvalue weighted by molar-refractivity contribution is 6.04. The lowest BCUT2D eigenvalue weighted by Gasteiger charge is -2.32. The highest BCUT2D eigenvalue weighted by Gasteiger charge is 2.31. The molecule has 0 radical (unpaired) electrons. The molecular weight excluding hydrogens is 172 g/mol. The van der Waals surface area contributed by atoms with Crippen LogP contribution >= 0.6 is 0 Å². The second-order valence-corrected chi connectivity index (χ2v) is 2.80.